The summed E-state index contributed by atoms with van der Waals surface area (Å²) in [5, 5.41) is 3.20. The zero-order valence-electron chi connectivity index (χ0n) is 9.18. The Morgan fingerprint density at radius 2 is 2.35 bits per heavy atom. The van der Waals surface area contributed by atoms with Gasteiger partial charge in [-0.05, 0) is 24.1 Å². The Balaban J connectivity index is 2.20. The number of fused-ring (bicyclic) bond motifs is 1. The molecule has 1 aromatic carbocycles. The molecular weight excluding hydrogens is 216 g/mol. The maximum atomic E-state index is 11.4. The van der Waals surface area contributed by atoms with Gasteiger partial charge in [-0.1, -0.05) is 0 Å². The smallest absolute Gasteiger partial charge is 0.250 e. The third kappa shape index (κ3) is 1.56. The van der Waals surface area contributed by atoms with Gasteiger partial charge in [0.25, 0.3) is 5.91 Å². The molecule has 0 aliphatic carbocycles. The van der Waals surface area contributed by atoms with Crippen LogP contribution in [0.5, 0.6) is 0 Å². The van der Waals surface area contributed by atoms with Crippen molar-refractivity contribution in [3.8, 4) is 5.69 Å². The summed E-state index contributed by atoms with van der Waals surface area (Å²) < 4.78 is 1.87. The van der Waals surface area contributed by atoms with Crippen LogP contribution in [0.25, 0.3) is 5.69 Å². The third-order valence-electron chi connectivity index (χ3n) is 2.97. The molecule has 0 unspecified atom stereocenters. The zero-order chi connectivity index (χ0) is 11.8. The topological polar surface area (TPSA) is 72.9 Å². The second-order valence-electron chi connectivity index (χ2n) is 4.04. The van der Waals surface area contributed by atoms with Gasteiger partial charge in [0.15, 0.2) is 0 Å². The summed E-state index contributed by atoms with van der Waals surface area (Å²) in [5.74, 6) is -0.405. The number of amides is 1. The highest BCUT2D eigenvalue weighted by Gasteiger charge is 2.19. The normalized spacial score (nSPS) is 13.2. The van der Waals surface area contributed by atoms with E-state index in [9.17, 15) is 4.79 Å². The van der Waals surface area contributed by atoms with Gasteiger partial charge in [-0.2, -0.15) is 0 Å². The van der Waals surface area contributed by atoms with Crippen molar-refractivity contribution in [3.63, 3.8) is 0 Å². The van der Waals surface area contributed by atoms with E-state index in [4.69, 9.17) is 5.73 Å². The monoisotopic (exact) mass is 228 g/mol. The molecule has 0 atom stereocenters. The summed E-state index contributed by atoms with van der Waals surface area (Å²) >= 11 is 0. The number of hydrogen-bond acceptors (Lipinski definition) is 3. The molecule has 0 bridgehead atoms. The molecule has 1 aliphatic heterocycles. The van der Waals surface area contributed by atoms with E-state index in [1.54, 1.807) is 18.6 Å². The number of rotatable bonds is 2. The molecule has 0 radical (unpaired) electrons. The lowest BCUT2D eigenvalue weighted by Gasteiger charge is -2.10. The number of hydrogen-bond donors (Lipinski definition) is 2. The summed E-state index contributed by atoms with van der Waals surface area (Å²) in [5.41, 5.74) is 8.87. The number of nitrogens with one attached hydrogen (secondary N) is 1. The Morgan fingerprint density at radius 3 is 3.06 bits per heavy atom. The average Bonchev–Trinajstić information content (AvgIpc) is 2.98. The van der Waals surface area contributed by atoms with Gasteiger partial charge in [-0.3, -0.25) is 4.79 Å². The van der Waals surface area contributed by atoms with Crippen LogP contribution in [0.1, 0.15) is 15.9 Å². The van der Waals surface area contributed by atoms with Crippen LogP contribution in [0.3, 0.4) is 0 Å². The van der Waals surface area contributed by atoms with Crippen molar-refractivity contribution in [2.24, 2.45) is 5.73 Å². The lowest BCUT2D eigenvalue weighted by molar-refractivity contribution is 0.100. The van der Waals surface area contributed by atoms with E-state index < -0.39 is 5.91 Å². The molecular formula is C12H12N4O. The predicted octanol–water partition coefficient (Wildman–Crippen LogP) is 0.939. The van der Waals surface area contributed by atoms with Crippen LogP contribution in [-0.4, -0.2) is 22.0 Å². The van der Waals surface area contributed by atoms with Gasteiger partial charge in [0.2, 0.25) is 0 Å². The van der Waals surface area contributed by atoms with Gasteiger partial charge in [-0.15, -0.1) is 0 Å². The van der Waals surface area contributed by atoms with E-state index in [0.717, 1.165) is 29.9 Å². The minimum absolute atomic E-state index is 0.405. The molecule has 0 saturated heterocycles. The van der Waals surface area contributed by atoms with Crippen LogP contribution in [0, 0.1) is 0 Å². The summed E-state index contributed by atoms with van der Waals surface area (Å²) in [6.07, 6.45) is 6.16. The Kier molecular flexibility index (Phi) is 2.11. The third-order valence-corrected chi connectivity index (χ3v) is 2.97. The van der Waals surface area contributed by atoms with Crippen LogP contribution in [0.2, 0.25) is 0 Å². The molecule has 0 spiro atoms. The van der Waals surface area contributed by atoms with Crippen molar-refractivity contribution in [2.75, 3.05) is 11.9 Å². The Hall–Kier alpha value is -2.30. The van der Waals surface area contributed by atoms with Crippen LogP contribution < -0.4 is 11.1 Å². The number of primary amides is 1. The van der Waals surface area contributed by atoms with E-state index >= 15 is 0 Å². The molecule has 2 heterocycles. The highest BCUT2D eigenvalue weighted by atomic mass is 16.1. The molecule has 0 fully saturated rings. The van der Waals surface area contributed by atoms with Gasteiger partial charge in [0, 0.05) is 24.6 Å². The lowest BCUT2D eigenvalue weighted by atomic mass is 10.1. The maximum Gasteiger partial charge on any atom is 0.250 e. The number of nitrogens with two attached hydrogens (primary N) is 1. The van der Waals surface area contributed by atoms with Gasteiger partial charge < -0.3 is 15.6 Å². The summed E-state index contributed by atoms with van der Waals surface area (Å²) in [7, 11) is 0. The quantitative estimate of drug-likeness (QED) is 0.803. The van der Waals surface area contributed by atoms with E-state index in [2.05, 4.69) is 16.4 Å². The molecule has 2 aromatic rings. The van der Waals surface area contributed by atoms with Crippen molar-refractivity contribution < 1.29 is 4.79 Å². The Bertz CT molecular complexity index is 574. The number of aromatic nitrogens is 2. The molecule has 17 heavy (non-hydrogen) atoms. The first-order valence-electron chi connectivity index (χ1n) is 5.44. The molecule has 3 N–H and O–H groups in total. The second-order valence-corrected chi connectivity index (χ2v) is 4.04. The van der Waals surface area contributed by atoms with Crippen molar-refractivity contribution in [3.05, 3.63) is 42.0 Å². The summed E-state index contributed by atoms with van der Waals surface area (Å²) in [6.45, 7) is 0.850. The Morgan fingerprint density at radius 1 is 1.47 bits per heavy atom. The summed E-state index contributed by atoms with van der Waals surface area (Å²) in [6, 6.07) is 3.85. The zero-order valence-corrected chi connectivity index (χ0v) is 9.18. The highest BCUT2D eigenvalue weighted by molar-refractivity contribution is 6.00. The molecule has 1 amide bonds. The van der Waals surface area contributed by atoms with E-state index in [0.29, 0.717) is 5.56 Å². The van der Waals surface area contributed by atoms with E-state index in [-0.39, 0.29) is 0 Å². The second kappa shape index (κ2) is 3.62. The number of imidazole rings is 1. The van der Waals surface area contributed by atoms with Gasteiger partial charge in [0.1, 0.15) is 0 Å². The first-order valence-corrected chi connectivity index (χ1v) is 5.44. The van der Waals surface area contributed by atoms with Crippen molar-refractivity contribution >= 4 is 11.6 Å². The van der Waals surface area contributed by atoms with Crippen molar-refractivity contribution in [1.29, 1.82) is 0 Å². The fraction of sp³-hybridized carbons (Fsp3) is 0.167. The Labute approximate surface area is 98.3 Å². The molecule has 5 nitrogen and oxygen atoms in total. The van der Waals surface area contributed by atoms with Crippen molar-refractivity contribution in [1.82, 2.24) is 9.55 Å². The fourth-order valence-corrected chi connectivity index (χ4v) is 2.17. The number of anilines is 1. The first-order chi connectivity index (χ1) is 8.25. The van der Waals surface area contributed by atoms with Crippen molar-refractivity contribution in [2.45, 2.75) is 6.42 Å². The molecule has 86 valence electrons. The van der Waals surface area contributed by atoms with Gasteiger partial charge in [-0.25, -0.2) is 4.98 Å². The van der Waals surface area contributed by atoms with Crippen LogP contribution in [-0.2, 0) is 6.42 Å². The molecule has 5 heteroatoms. The van der Waals surface area contributed by atoms with Gasteiger partial charge >= 0.3 is 0 Å². The largest absolute Gasteiger partial charge is 0.384 e. The predicted molar refractivity (Wildman–Crippen MR) is 64.3 cm³/mol. The van der Waals surface area contributed by atoms with Crippen LogP contribution >= 0.6 is 0 Å². The highest BCUT2D eigenvalue weighted by Crippen LogP contribution is 2.29. The minimum atomic E-state index is -0.405. The number of carbonyl (C=O) groups excluding carboxylic acids is 1. The summed E-state index contributed by atoms with van der Waals surface area (Å²) in [4.78, 5) is 15.4. The standard InChI is InChI=1S/C12H12N4O/c13-12(17)10-6-9(16-4-3-14-7-16)5-8-1-2-15-11(8)10/h3-7,15H,1-2H2,(H2,13,17). The SMILES string of the molecule is NC(=O)c1cc(-n2ccnc2)cc2c1NCC2. The fourth-order valence-electron chi connectivity index (χ4n) is 2.17. The number of nitrogens with zero attached hydrogens (tertiary/aromatic N) is 2. The van der Waals surface area contributed by atoms with Crippen LogP contribution in [0.4, 0.5) is 5.69 Å². The van der Waals surface area contributed by atoms with E-state index in [1.807, 2.05) is 10.8 Å². The number of benzene rings is 1. The van der Waals surface area contributed by atoms with Gasteiger partial charge in [0.05, 0.1) is 17.6 Å². The molecule has 0 saturated carbocycles. The lowest BCUT2D eigenvalue weighted by Crippen LogP contribution is -2.14. The maximum absolute atomic E-state index is 11.4. The number of carbonyl (C=O) groups is 1. The minimum Gasteiger partial charge on any atom is -0.384 e. The molecule has 1 aliphatic rings. The molecule has 3 rings (SSSR count). The van der Waals surface area contributed by atoms with E-state index in [1.165, 1.54) is 0 Å². The van der Waals surface area contributed by atoms with Crippen LogP contribution in [0.15, 0.2) is 30.9 Å². The molecule has 1 aromatic heterocycles. The average molecular weight is 228 g/mol. The first kappa shape index (κ1) is 9.89.